The zero-order valence-corrected chi connectivity index (χ0v) is 19.0. The van der Waals surface area contributed by atoms with Gasteiger partial charge in [0.25, 0.3) is 5.91 Å². The lowest BCUT2D eigenvalue weighted by molar-refractivity contribution is -0.385. The summed E-state index contributed by atoms with van der Waals surface area (Å²) < 4.78 is 7.00. The first-order valence-electron chi connectivity index (χ1n) is 9.79. The van der Waals surface area contributed by atoms with Gasteiger partial charge in [0.1, 0.15) is 0 Å². The zero-order valence-electron chi connectivity index (χ0n) is 17.4. The Hall–Kier alpha value is -2.97. The van der Waals surface area contributed by atoms with Crippen LogP contribution in [0.1, 0.15) is 35.5 Å². The molecule has 9 heteroatoms. The highest BCUT2D eigenvalue weighted by Crippen LogP contribution is 2.29. The van der Waals surface area contributed by atoms with Crippen molar-refractivity contribution in [2.24, 2.45) is 4.99 Å². The van der Waals surface area contributed by atoms with Gasteiger partial charge in [-0.3, -0.25) is 14.9 Å². The molecule has 0 saturated carbocycles. The molecular formula is C22H22ClN3O4S. The Labute approximate surface area is 188 Å². The van der Waals surface area contributed by atoms with Crippen LogP contribution in [0.4, 0.5) is 5.69 Å². The standard InChI is InChI=1S/C22H22ClN3O4S/c1-4-6-19-20(14-7-10-16(23)11-8-14)25(5-2)22(31-19)24-21(27)15-9-12-18(30-3)17(13-15)26(28)29/h7-13H,4-6H2,1-3H3. The summed E-state index contributed by atoms with van der Waals surface area (Å²) in [6.45, 7) is 4.71. The minimum absolute atomic E-state index is 0.0940. The molecule has 0 unspecified atom stereocenters. The van der Waals surface area contributed by atoms with E-state index in [1.165, 1.54) is 36.6 Å². The summed E-state index contributed by atoms with van der Waals surface area (Å²) in [6.07, 6.45) is 1.79. The number of rotatable bonds is 7. The molecule has 0 aliphatic carbocycles. The number of nitro groups is 1. The Morgan fingerprint density at radius 3 is 2.52 bits per heavy atom. The van der Waals surface area contributed by atoms with Crippen molar-refractivity contribution in [3.8, 4) is 17.0 Å². The highest BCUT2D eigenvalue weighted by Gasteiger charge is 2.19. The van der Waals surface area contributed by atoms with Crippen molar-refractivity contribution >= 4 is 34.5 Å². The Balaban J connectivity index is 2.13. The minimum atomic E-state index is -0.578. The number of methoxy groups -OCH3 is 1. The van der Waals surface area contributed by atoms with Crippen molar-refractivity contribution in [2.75, 3.05) is 7.11 Å². The first kappa shape index (κ1) is 22.7. The lowest BCUT2D eigenvalue weighted by Crippen LogP contribution is -2.17. The molecule has 162 valence electrons. The maximum atomic E-state index is 12.9. The Morgan fingerprint density at radius 2 is 1.94 bits per heavy atom. The lowest BCUT2D eigenvalue weighted by Gasteiger charge is -2.09. The lowest BCUT2D eigenvalue weighted by atomic mass is 10.1. The smallest absolute Gasteiger partial charge is 0.311 e. The first-order chi connectivity index (χ1) is 14.9. The van der Waals surface area contributed by atoms with Crippen LogP contribution in [0.3, 0.4) is 0 Å². The van der Waals surface area contributed by atoms with Gasteiger partial charge in [-0.25, -0.2) is 0 Å². The van der Waals surface area contributed by atoms with E-state index in [4.69, 9.17) is 16.3 Å². The van der Waals surface area contributed by atoms with Crippen LogP contribution >= 0.6 is 22.9 Å². The van der Waals surface area contributed by atoms with Crippen LogP contribution in [0, 0.1) is 10.1 Å². The van der Waals surface area contributed by atoms with Crippen LogP contribution in [-0.2, 0) is 13.0 Å². The van der Waals surface area contributed by atoms with Gasteiger partial charge in [0.2, 0.25) is 0 Å². The van der Waals surface area contributed by atoms with Gasteiger partial charge in [0.15, 0.2) is 10.6 Å². The number of benzene rings is 2. The summed E-state index contributed by atoms with van der Waals surface area (Å²) in [4.78, 5) is 29.6. The fourth-order valence-corrected chi connectivity index (χ4v) is 4.71. The van der Waals surface area contributed by atoms with E-state index < -0.39 is 10.8 Å². The van der Waals surface area contributed by atoms with Gasteiger partial charge < -0.3 is 9.30 Å². The molecule has 2 aromatic carbocycles. The van der Waals surface area contributed by atoms with Crippen LogP contribution < -0.4 is 9.54 Å². The molecular weight excluding hydrogens is 438 g/mol. The fourth-order valence-electron chi connectivity index (χ4n) is 3.27. The molecule has 0 saturated heterocycles. The maximum Gasteiger partial charge on any atom is 0.311 e. The quantitative estimate of drug-likeness (QED) is 0.344. The summed E-state index contributed by atoms with van der Waals surface area (Å²) in [5.74, 6) is -0.448. The van der Waals surface area contributed by atoms with Gasteiger partial charge in [-0.2, -0.15) is 4.99 Å². The molecule has 0 N–H and O–H groups in total. The van der Waals surface area contributed by atoms with E-state index in [-0.39, 0.29) is 17.0 Å². The highest BCUT2D eigenvalue weighted by atomic mass is 35.5. The van der Waals surface area contributed by atoms with E-state index in [1.807, 2.05) is 35.8 Å². The number of halogens is 1. The SMILES string of the molecule is CCCc1sc(=NC(=O)c2ccc(OC)c([N+](=O)[O-])c2)n(CC)c1-c1ccc(Cl)cc1. The second-order valence-electron chi connectivity index (χ2n) is 6.72. The second kappa shape index (κ2) is 9.89. The summed E-state index contributed by atoms with van der Waals surface area (Å²) in [7, 11) is 1.34. The van der Waals surface area contributed by atoms with Crippen LogP contribution in [0.25, 0.3) is 11.3 Å². The molecule has 1 amide bonds. The average Bonchev–Trinajstić information content (AvgIpc) is 3.10. The molecule has 0 atom stereocenters. The number of nitrogens with zero attached hydrogens (tertiary/aromatic N) is 3. The normalized spacial score (nSPS) is 11.5. The monoisotopic (exact) mass is 459 g/mol. The van der Waals surface area contributed by atoms with Gasteiger partial charge in [0, 0.05) is 28.1 Å². The predicted molar refractivity (Wildman–Crippen MR) is 122 cm³/mol. The molecule has 3 rings (SSSR count). The van der Waals surface area contributed by atoms with E-state index in [1.54, 1.807) is 0 Å². The van der Waals surface area contributed by atoms with E-state index >= 15 is 0 Å². The topological polar surface area (TPSA) is 86.7 Å². The van der Waals surface area contributed by atoms with Crippen molar-refractivity contribution in [1.82, 2.24) is 4.57 Å². The largest absolute Gasteiger partial charge is 0.490 e. The van der Waals surface area contributed by atoms with E-state index in [9.17, 15) is 14.9 Å². The predicted octanol–water partition coefficient (Wildman–Crippen LogP) is 5.50. The van der Waals surface area contributed by atoms with Crippen LogP contribution in [0.15, 0.2) is 47.5 Å². The van der Waals surface area contributed by atoms with Gasteiger partial charge >= 0.3 is 5.69 Å². The average molecular weight is 460 g/mol. The Morgan fingerprint density at radius 1 is 1.23 bits per heavy atom. The Bertz CT molecular complexity index is 1180. The minimum Gasteiger partial charge on any atom is -0.490 e. The number of carbonyl (C=O) groups is 1. The van der Waals surface area contributed by atoms with Gasteiger partial charge in [-0.15, -0.1) is 11.3 Å². The summed E-state index contributed by atoms with van der Waals surface area (Å²) in [6, 6.07) is 11.7. The van der Waals surface area contributed by atoms with E-state index in [0.717, 1.165) is 29.0 Å². The van der Waals surface area contributed by atoms with Crippen LogP contribution in [0.2, 0.25) is 5.02 Å². The van der Waals surface area contributed by atoms with Gasteiger partial charge in [-0.05, 0) is 43.2 Å². The number of ether oxygens (including phenoxy) is 1. The van der Waals surface area contributed by atoms with Crippen molar-refractivity contribution in [2.45, 2.75) is 33.2 Å². The second-order valence-corrected chi connectivity index (χ2v) is 8.22. The molecule has 0 bridgehead atoms. The van der Waals surface area contributed by atoms with Crippen molar-refractivity contribution < 1.29 is 14.5 Å². The molecule has 3 aromatic rings. The highest BCUT2D eigenvalue weighted by molar-refractivity contribution is 7.09. The van der Waals surface area contributed by atoms with Crippen molar-refractivity contribution in [1.29, 1.82) is 0 Å². The summed E-state index contributed by atoms with van der Waals surface area (Å²) in [5, 5.41) is 11.9. The molecule has 0 radical (unpaired) electrons. The zero-order chi connectivity index (χ0) is 22.5. The number of carbonyl (C=O) groups excluding carboxylic acids is 1. The molecule has 0 aliphatic rings. The van der Waals surface area contributed by atoms with E-state index in [2.05, 4.69) is 11.9 Å². The Kier molecular flexibility index (Phi) is 7.25. The molecule has 31 heavy (non-hydrogen) atoms. The molecule has 1 heterocycles. The third-order valence-electron chi connectivity index (χ3n) is 4.71. The number of amides is 1. The molecule has 1 aromatic heterocycles. The fraction of sp³-hybridized carbons (Fsp3) is 0.273. The molecule has 7 nitrogen and oxygen atoms in total. The van der Waals surface area contributed by atoms with Gasteiger partial charge in [0.05, 0.1) is 17.7 Å². The van der Waals surface area contributed by atoms with E-state index in [0.29, 0.717) is 16.4 Å². The molecule has 0 aliphatic heterocycles. The summed E-state index contributed by atoms with van der Waals surface area (Å²) in [5.41, 5.74) is 1.87. The molecule has 0 spiro atoms. The van der Waals surface area contributed by atoms with Crippen molar-refractivity contribution in [3.05, 3.63) is 72.8 Å². The first-order valence-corrected chi connectivity index (χ1v) is 11.0. The number of aryl methyl sites for hydroxylation is 1. The van der Waals surface area contributed by atoms with Crippen LogP contribution in [0.5, 0.6) is 5.75 Å². The number of aromatic nitrogens is 1. The van der Waals surface area contributed by atoms with Crippen LogP contribution in [-0.4, -0.2) is 22.5 Å². The number of hydrogen-bond acceptors (Lipinski definition) is 5. The van der Waals surface area contributed by atoms with Crippen molar-refractivity contribution in [3.63, 3.8) is 0 Å². The number of nitro benzene ring substituents is 1. The van der Waals surface area contributed by atoms with Gasteiger partial charge in [-0.1, -0.05) is 37.1 Å². The number of hydrogen-bond donors (Lipinski definition) is 0. The third kappa shape index (κ3) is 4.86. The molecule has 0 fully saturated rings. The third-order valence-corrected chi connectivity index (χ3v) is 6.10. The summed E-state index contributed by atoms with van der Waals surface area (Å²) >= 11 is 7.51. The maximum absolute atomic E-state index is 12.9. The number of thiazole rings is 1.